The number of halogens is 1. The molecule has 0 unspecified atom stereocenters. The summed E-state index contributed by atoms with van der Waals surface area (Å²) < 4.78 is 0.755. The summed E-state index contributed by atoms with van der Waals surface area (Å²) in [5.74, 6) is 4.70. The Hall–Kier alpha value is -0.870. The topological polar surface area (TPSA) is 55.1 Å². The van der Waals surface area contributed by atoms with Gasteiger partial charge in [0.15, 0.2) is 0 Å². The fourth-order valence-electron chi connectivity index (χ4n) is 0.882. The Labute approximate surface area is 79.1 Å². The number of rotatable bonds is 1. The van der Waals surface area contributed by atoms with Crippen LogP contribution in [0.2, 0.25) is 0 Å². The number of aryl methyl sites for hydroxylation is 1. The molecule has 0 radical (unpaired) electrons. The molecule has 1 amide bonds. The van der Waals surface area contributed by atoms with Gasteiger partial charge in [-0.1, -0.05) is 6.07 Å². The molecule has 0 heterocycles. The van der Waals surface area contributed by atoms with Gasteiger partial charge in [0.1, 0.15) is 0 Å². The van der Waals surface area contributed by atoms with Crippen LogP contribution in [-0.4, -0.2) is 5.91 Å². The third-order valence-electron chi connectivity index (χ3n) is 1.50. The Morgan fingerprint density at radius 2 is 2.25 bits per heavy atom. The predicted octanol–water partition coefficient (Wildman–Crippen LogP) is 1.36. The molecular formula is C8H9BrN2O. The summed E-state index contributed by atoms with van der Waals surface area (Å²) in [6.07, 6.45) is 0. The zero-order chi connectivity index (χ0) is 9.14. The highest BCUT2D eigenvalue weighted by Gasteiger charge is 2.06. The van der Waals surface area contributed by atoms with Crippen molar-refractivity contribution in [2.75, 3.05) is 0 Å². The van der Waals surface area contributed by atoms with Crippen LogP contribution in [-0.2, 0) is 0 Å². The number of nitrogens with two attached hydrogens (primary N) is 1. The second-order valence-corrected chi connectivity index (χ2v) is 3.31. The van der Waals surface area contributed by atoms with Crippen molar-refractivity contribution in [3.63, 3.8) is 0 Å². The van der Waals surface area contributed by atoms with Crippen molar-refractivity contribution in [3.8, 4) is 0 Å². The van der Waals surface area contributed by atoms with Crippen LogP contribution in [0.4, 0.5) is 0 Å². The van der Waals surface area contributed by atoms with E-state index in [0.29, 0.717) is 5.56 Å². The summed E-state index contributed by atoms with van der Waals surface area (Å²) in [6.45, 7) is 1.95. The Balaban J connectivity index is 3.09. The average molecular weight is 229 g/mol. The van der Waals surface area contributed by atoms with Crippen molar-refractivity contribution in [1.29, 1.82) is 0 Å². The quantitative estimate of drug-likeness (QED) is 0.434. The van der Waals surface area contributed by atoms with Crippen molar-refractivity contribution in [2.24, 2.45) is 5.84 Å². The third kappa shape index (κ3) is 1.84. The lowest BCUT2D eigenvalue weighted by Gasteiger charge is -2.02. The molecule has 0 spiro atoms. The van der Waals surface area contributed by atoms with Crippen molar-refractivity contribution in [1.82, 2.24) is 5.43 Å². The summed E-state index contributed by atoms with van der Waals surface area (Å²) in [5.41, 5.74) is 3.71. The fourth-order valence-corrected chi connectivity index (χ4v) is 1.56. The smallest absolute Gasteiger partial charge is 0.266 e. The normalized spacial score (nSPS) is 9.58. The SMILES string of the molecule is Cc1ccc(C(=O)NN)c(Br)c1. The number of nitrogens with one attached hydrogen (secondary N) is 1. The molecule has 0 aliphatic heterocycles. The zero-order valence-corrected chi connectivity index (χ0v) is 8.18. The van der Waals surface area contributed by atoms with Crippen LogP contribution in [0.15, 0.2) is 22.7 Å². The van der Waals surface area contributed by atoms with Crippen LogP contribution >= 0.6 is 15.9 Å². The summed E-state index contributed by atoms with van der Waals surface area (Å²) in [7, 11) is 0. The van der Waals surface area contributed by atoms with E-state index in [1.807, 2.05) is 19.1 Å². The van der Waals surface area contributed by atoms with E-state index >= 15 is 0 Å². The number of benzene rings is 1. The Kier molecular flexibility index (Phi) is 2.83. The Morgan fingerprint density at radius 3 is 2.75 bits per heavy atom. The first-order valence-electron chi connectivity index (χ1n) is 3.42. The monoisotopic (exact) mass is 228 g/mol. The number of nitrogen functional groups attached to an aromatic ring is 1. The molecule has 0 aliphatic carbocycles. The van der Waals surface area contributed by atoms with E-state index < -0.39 is 0 Å². The van der Waals surface area contributed by atoms with E-state index in [9.17, 15) is 4.79 Å². The zero-order valence-electron chi connectivity index (χ0n) is 6.60. The molecule has 1 aromatic rings. The standard InChI is InChI=1S/C8H9BrN2O/c1-5-2-3-6(7(9)4-5)8(12)11-10/h2-4H,10H2,1H3,(H,11,12). The highest BCUT2D eigenvalue weighted by atomic mass is 79.9. The second kappa shape index (κ2) is 3.69. The Bertz CT molecular complexity index is 312. The summed E-state index contributed by atoms with van der Waals surface area (Å²) >= 11 is 3.27. The largest absolute Gasteiger partial charge is 0.290 e. The van der Waals surface area contributed by atoms with Gasteiger partial charge in [0.05, 0.1) is 5.56 Å². The van der Waals surface area contributed by atoms with E-state index in [1.54, 1.807) is 6.07 Å². The van der Waals surface area contributed by atoms with Crippen molar-refractivity contribution < 1.29 is 4.79 Å². The minimum atomic E-state index is -0.290. The summed E-state index contributed by atoms with van der Waals surface area (Å²) in [4.78, 5) is 11.1. The maximum Gasteiger partial charge on any atom is 0.266 e. The lowest BCUT2D eigenvalue weighted by Crippen LogP contribution is -2.30. The van der Waals surface area contributed by atoms with Gasteiger partial charge in [-0.25, -0.2) is 5.84 Å². The maximum absolute atomic E-state index is 11.1. The molecule has 64 valence electrons. The highest BCUT2D eigenvalue weighted by Crippen LogP contribution is 2.17. The first kappa shape index (κ1) is 9.22. The van der Waals surface area contributed by atoms with E-state index in [2.05, 4.69) is 21.4 Å². The molecule has 0 saturated heterocycles. The summed E-state index contributed by atoms with van der Waals surface area (Å²) in [5, 5.41) is 0. The average Bonchev–Trinajstić information content (AvgIpc) is 2.03. The lowest BCUT2D eigenvalue weighted by molar-refractivity contribution is 0.0953. The number of hydrogen-bond acceptors (Lipinski definition) is 2. The van der Waals surface area contributed by atoms with E-state index in [4.69, 9.17) is 5.84 Å². The van der Waals surface area contributed by atoms with E-state index in [-0.39, 0.29) is 5.91 Å². The molecule has 12 heavy (non-hydrogen) atoms. The molecule has 3 nitrogen and oxygen atoms in total. The third-order valence-corrected chi connectivity index (χ3v) is 2.16. The van der Waals surface area contributed by atoms with Gasteiger partial charge in [0, 0.05) is 4.47 Å². The van der Waals surface area contributed by atoms with Crippen LogP contribution in [0.25, 0.3) is 0 Å². The van der Waals surface area contributed by atoms with Crippen molar-refractivity contribution in [2.45, 2.75) is 6.92 Å². The highest BCUT2D eigenvalue weighted by molar-refractivity contribution is 9.10. The molecule has 3 N–H and O–H groups in total. The Morgan fingerprint density at radius 1 is 1.58 bits per heavy atom. The molecule has 1 aromatic carbocycles. The molecule has 4 heteroatoms. The van der Waals surface area contributed by atoms with Gasteiger partial charge < -0.3 is 0 Å². The van der Waals surface area contributed by atoms with Gasteiger partial charge >= 0.3 is 0 Å². The number of carbonyl (C=O) groups excluding carboxylic acids is 1. The number of amides is 1. The molecule has 0 bridgehead atoms. The predicted molar refractivity (Wildman–Crippen MR) is 50.5 cm³/mol. The van der Waals surface area contributed by atoms with Crippen LogP contribution < -0.4 is 11.3 Å². The molecule has 0 atom stereocenters. The molecular weight excluding hydrogens is 220 g/mol. The number of carbonyl (C=O) groups is 1. The van der Waals surface area contributed by atoms with Crippen molar-refractivity contribution in [3.05, 3.63) is 33.8 Å². The van der Waals surface area contributed by atoms with E-state index in [0.717, 1.165) is 10.0 Å². The van der Waals surface area contributed by atoms with Gasteiger partial charge in [0.2, 0.25) is 0 Å². The molecule has 1 rings (SSSR count). The van der Waals surface area contributed by atoms with Gasteiger partial charge in [-0.3, -0.25) is 10.2 Å². The number of hydrazine groups is 1. The molecule has 0 saturated carbocycles. The lowest BCUT2D eigenvalue weighted by atomic mass is 10.1. The van der Waals surface area contributed by atoms with Gasteiger partial charge in [-0.15, -0.1) is 0 Å². The van der Waals surface area contributed by atoms with Crippen molar-refractivity contribution >= 4 is 21.8 Å². The van der Waals surface area contributed by atoms with Crippen LogP contribution in [0.3, 0.4) is 0 Å². The molecule has 0 aliphatic rings. The second-order valence-electron chi connectivity index (χ2n) is 2.46. The van der Waals surface area contributed by atoms with Crippen LogP contribution in [0.5, 0.6) is 0 Å². The van der Waals surface area contributed by atoms with Gasteiger partial charge in [-0.2, -0.15) is 0 Å². The fraction of sp³-hybridized carbons (Fsp3) is 0.125. The van der Waals surface area contributed by atoms with Gasteiger partial charge in [-0.05, 0) is 40.5 Å². The minimum absolute atomic E-state index is 0.290. The molecule has 0 fully saturated rings. The number of hydrogen-bond donors (Lipinski definition) is 2. The minimum Gasteiger partial charge on any atom is -0.290 e. The van der Waals surface area contributed by atoms with E-state index in [1.165, 1.54) is 0 Å². The van der Waals surface area contributed by atoms with Crippen LogP contribution in [0, 0.1) is 6.92 Å². The first-order chi connectivity index (χ1) is 5.65. The summed E-state index contributed by atoms with van der Waals surface area (Å²) in [6, 6.07) is 5.45. The first-order valence-corrected chi connectivity index (χ1v) is 4.21. The van der Waals surface area contributed by atoms with Crippen LogP contribution in [0.1, 0.15) is 15.9 Å². The maximum atomic E-state index is 11.1. The van der Waals surface area contributed by atoms with Gasteiger partial charge in [0.25, 0.3) is 5.91 Å². The molecule has 0 aromatic heterocycles.